The molecule has 100 valence electrons. The van der Waals surface area contributed by atoms with Crippen LogP contribution in [0.25, 0.3) is 10.8 Å². The van der Waals surface area contributed by atoms with Gasteiger partial charge in [0.05, 0.1) is 19.8 Å². The molecule has 0 unspecified atom stereocenters. The Morgan fingerprint density at radius 3 is 2.95 bits per heavy atom. The Balaban J connectivity index is 2.01. The van der Waals surface area contributed by atoms with Crippen molar-refractivity contribution in [1.29, 1.82) is 0 Å². The molecule has 5 heteroatoms. The van der Waals surface area contributed by atoms with Crippen LogP contribution in [0.15, 0.2) is 36.5 Å². The molecule has 0 aliphatic heterocycles. The Kier molecular flexibility index (Phi) is 4.83. The predicted molar refractivity (Wildman–Crippen MR) is 72.0 cm³/mol. The second-order valence-corrected chi connectivity index (χ2v) is 3.97. The number of benzene rings is 1. The molecule has 0 radical (unpaired) electrons. The van der Waals surface area contributed by atoms with Crippen LogP contribution in [0.4, 0.5) is 0 Å². The molecule has 1 heterocycles. The monoisotopic (exact) mass is 260 g/mol. The van der Waals surface area contributed by atoms with E-state index in [9.17, 15) is 4.79 Å². The van der Waals surface area contributed by atoms with E-state index in [0.717, 1.165) is 10.8 Å². The van der Waals surface area contributed by atoms with Crippen LogP contribution in [0.3, 0.4) is 0 Å². The van der Waals surface area contributed by atoms with Gasteiger partial charge in [-0.1, -0.05) is 24.3 Å². The third-order valence-corrected chi connectivity index (χ3v) is 2.66. The van der Waals surface area contributed by atoms with E-state index in [0.29, 0.717) is 18.8 Å². The average Bonchev–Trinajstić information content (AvgIpc) is 2.46. The second-order valence-electron chi connectivity index (χ2n) is 3.97. The summed E-state index contributed by atoms with van der Waals surface area (Å²) in [7, 11) is 0. The van der Waals surface area contributed by atoms with Crippen molar-refractivity contribution < 1.29 is 14.6 Å². The van der Waals surface area contributed by atoms with Crippen LogP contribution in [-0.2, 0) is 4.74 Å². The minimum atomic E-state index is -0.218. The standard InChI is InChI=1S/C14H16N2O3/c17-8-10-19-9-7-16-14(18)13-12-4-2-1-3-11(12)5-6-15-13/h1-6,17H,7-10H2,(H,16,18). The smallest absolute Gasteiger partial charge is 0.270 e. The van der Waals surface area contributed by atoms with Crippen LogP contribution < -0.4 is 5.32 Å². The second kappa shape index (κ2) is 6.82. The first-order valence-corrected chi connectivity index (χ1v) is 6.13. The van der Waals surface area contributed by atoms with E-state index < -0.39 is 0 Å². The zero-order valence-electron chi connectivity index (χ0n) is 10.5. The number of carbonyl (C=O) groups is 1. The van der Waals surface area contributed by atoms with Gasteiger partial charge in [0.15, 0.2) is 0 Å². The third-order valence-electron chi connectivity index (χ3n) is 2.66. The summed E-state index contributed by atoms with van der Waals surface area (Å²) in [5.74, 6) is -0.218. The summed E-state index contributed by atoms with van der Waals surface area (Å²) in [6.07, 6.45) is 1.62. The van der Waals surface area contributed by atoms with Gasteiger partial charge in [0.25, 0.3) is 5.91 Å². The van der Waals surface area contributed by atoms with E-state index >= 15 is 0 Å². The molecule has 0 saturated heterocycles. The van der Waals surface area contributed by atoms with Crippen LogP contribution >= 0.6 is 0 Å². The van der Waals surface area contributed by atoms with Gasteiger partial charge in [-0.2, -0.15) is 0 Å². The topological polar surface area (TPSA) is 71.5 Å². The number of nitrogens with one attached hydrogen (secondary N) is 1. The summed E-state index contributed by atoms with van der Waals surface area (Å²) in [5, 5.41) is 13.1. The first-order valence-electron chi connectivity index (χ1n) is 6.13. The molecule has 0 atom stereocenters. The maximum Gasteiger partial charge on any atom is 0.270 e. The van der Waals surface area contributed by atoms with E-state index in [2.05, 4.69) is 10.3 Å². The zero-order chi connectivity index (χ0) is 13.5. The van der Waals surface area contributed by atoms with Gasteiger partial charge < -0.3 is 15.2 Å². The molecule has 0 aliphatic rings. The number of hydrogen-bond donors (Lipinski definition) is 2. The van der Waals surface area contributed by atoms with Gasteiger partial charge in [-0.25, -0.2) is 0 Å². The Labute approximate surface area is 111 Å². The number of amides is 1. The van der Waals surface area contributed by atoms with E-state index in [1.807, 2.05) is 30.3 Å². The third kappa shape index (κ3) is 3.49. The van der Waals surface area contributed by atoms with Crippen molar-refractivity contribution in [3.8, 4) is 0 Å². The molecule has 2 aromatic rings. The van der Waals surface area contributed by atoms with Crippen LogP contribution in [0.1, 0.15) is 10.5 Å². The lowest BCUT2D eigenvalue weighted by Crippen LogP contribution is -2.28. The SMILES string of the molecule is O=C(NCCOCCO)c1nccc2ccccc12. The van der Waals surface area contributed by atoms with E-state index in [1.54, 1.807) is 6.20 Å². The molecular formula is C14H16N2O3. The highest BCUT2D eigenvalue weighted by Gasteiger charge is 2.10. The van der Waals surface area contributed by atoms with Crippen molar-refractivity contribution in [3.05, 3.63) is 42.2 Å². The summed E-state index contributed by atoms with van der Waals surface area (Å²) >= 11 is 0. The lowest BCUT2D eigenvalue weighted by atomic mass is 10.1. The fourth-order valence-corrected chi connectivity index (χ4v) is 1.79. The first-order chi connectivity index (χ1) is 9.33. The van der Waals surface area contributed by atoms with Crippen LogP contribution in [0.5, 0.6) is 0 Å². The lowest BCUT2D eigenvalue weighted by molar-refractivity contribution is 0.0836. The lowest BCUT2D eigenvalue weighted by Gasteiger charge is -2.07. The van der Waals surface area contributed by atoms with E-state index in [1.165, 1.54) is 0 Å². The van der Waals surface area contributed by atoms with Crippen molar-refractivity contribution in [2.45, 2.75) is 0 Å². The Morgan fingerprint density at radius 2 is 2.11 bits per heavy atom. The largest absolute Gasteiger partial charge is 0.394 e. The number of rotatable bonds is 6. The highest BCUT2D eigenvalue weighted by Crippen LogP contribution is 2.15. The minimum absolute atomic E-state index is 0.0151. The van der Waals surface area contributed by atoms with Crippen molar-refractivity contribution >= 4 is 16.7 Å². The molecule has 0 bridgehead atoms. The van der Waals surface area contributed by atoms with Crippen molar-refractivity contribution in [2.75, 3.05) is 26.4 Å². The maximum atomic E-state index is 12.0. The summed E-state index contributed by atoms with van der Waals surface area (Å²) in [6.45, 7) is 1.03. The van der Waals surface area contributed by atoms with Crippen LogP contribution in [0.2, 0.25) is 0 Å². The molecule has 2 rings (SSSR count). The number of fused-ring (bicyclic) bond motifs is 1. The Bertz CT molecular complexity index is 552. The number of aromatic nitrogens is 1. The number of aliphatic hydroxyl groups excluding tert-OH is 1. The summed E-state index contributed by atoms with van der Waals surface area (Å²) in [4.78, 5) is 16.1. The molecule has 2 N–H and O–H groups in total. The van der Waals surface area contributed by atoms with Gasteiger partial charge in [-0.05, 0) is 11.5 Å². The molecule has 1 amide bonds. The summed E-state index contributed by atoms with van der Waals surface area (Å²) in [6, 6.07) is 9.49. The van der Waals surface area contributed by atoms with Crippen LogP contribution in [-0.4, -0.2) is 42.4 Å². The number of aliphatic hydroxyl groups is 1. The summed E-state index contributed by atoms with van der Waals surface area (Å²) in [5.41, 5.74) is 0.417. The molecule has 0 fully saturated rings. The van der Waals surface area contributed by atoms with Crippen molar-refractivity contribution in [2.24, 2.45) is 0 Å². The van der Waals surface area contributed by atoms with Crippen molar-refractivity contribution in [3.63, 3.8) is 0 Å². The van der Waals surface area contributed by atoms with Gasteiger partial charge in [0.1, 0.15) is 5.69 Å². The molecule has 1 aromatic heterocycles. The van der Waals surface area contributed by atoms with Gasteiger partial charge in [-0.15, -0.1) is 0 Å². The molecule has 19 heavy (non-hydrogen) atoms. The molecule has 0 spiro atoms. The quantitative estimate of drug-likeness (QED) is 0.759. The molecule has 5 nitrogen and oxygen atoms in total. The van der Waals surface area contributed by atoms with Crippen LogP contribution in [0, 0.1) is 0 Å². The highest BCUT2D eigenvalue weighted by molar-refractivity contribution is 6.05. The van der Waals surface area contributed by atoms with Gasteiger partial charge >= 0.3 is 0 Å². The van der Waals surface area contributed by atoms with Gasteiger partial charge in [-0.3, -0.25) is 9.78 Å². The number of carbonyl (C=O) groups excluding carboxylic acids is 1. The van der Waals surface area contributed by atoms with E-state index in [-0.39, 0.29) is 19.1 Å². The fraction of sp³-hybridized carbons (Fsp3) is 0.286. The number of pyridine rings is 1. The van der Waals surface area contributed by atoms with Gasteiger partial charge in [0.2, 0.25) is 0 Å². The first kappa shape index (κ1) is 13.5. The molecule has 0 aliphatic carbocycles. The Hall–Kier alpha value is -1.98. The molecular weight excluding hydrogens is 244 g/mol. The highest BCUT2D eigenvalue weighted by atomic mass is 16.5. The van der Waals surface area contributed by atoms with Crippen molar-refractivity contribution in [1.82, 2.24) is 10.3 Å². The number of hydrogen-bond acceptors (Lipinski definition) is 4. The summed E-state index contributed by atoms with van der Waals surface area (Å²) < 4.78 is 5.07. The maximum absolute atomic E-state index is 12.0. The average molecular weight is 260 g/mol. The molecule has 1 aromatic carbocycles. The Morgan fingerprint density at radius 1 is 1.26 bits per heavy atom. The number of nitrogens with zero attached hydrogens (tertiary/aromatic N) is 1. The minimum Gasteiger partial charge on any atom is -0.394 e. The normalized spacial score (nSPS) is 10.6. The molecule has 0 saturated carbocycles. The fourth-order valence-electron chi connectivity index (χ4n) is 1.79. The van der Waals surface area contributed by atoms with E-state index in [4.69, 9.17) is 9.84 Å². The van der Waals surface area contributed by atoms with Gasteiger partial charge in [0, 0.05) is 18.1 Å². The predicted octanol–water partition coefficient (Wildman–Crippen LogP) is 0.973. The number of ether oxygens (including phenoxy) is 1. The zero-order valence-corrected chi connectivity index (χ0v) is 10.5.